The number of halogens is 5. The molecule has 0 saturated heterocycles. The van der Waals surface area contributed by atoms with E-state index in [0.29, 0.717) is 0 Å². The van der Waals surface area contributed by atoms with Crippen LogP contribution in [0, 0.1) is 5.92 Å². The predicted molar refractivity (Wildman–Crippen MR) is 78.6 cm³/mol. The van der Waals surface area contributed by atoms with Crippen LogP contribution in [0.2, 0.25) is 5.02 Å². The van der Waals surface area contributed by atoms with Gasteiger partial charge in [0.25, 0.3) is 0 Å². The van der Waals surface area contributed by atoms with Gasteiger partial charge in [-0.05, 0) is 36.5 Å². The Balaban J connectivity index is 0.00000220. The zero-order valence-electron chi connectivity index (χ0n) is 11.2. The predicted octanol–water partition coefficient (Wildman–Crippen LogP) is 4.33. The van der Waals surface area contributed by atoms with Gasteiger partial charge >= 0.3 is 6.18 Å². The van der Waals surface area contributed by atoms with Crippen LogP contribution in [0.15, 0.2) is 18.2 Å². The van der Waals surface area contributed by atoms with E-state index >= 15 is 0 Å². The molecule has 3 N–H and O–H groups in total. The summed E-state index contributed by atoms with van der Waals surface area (Å²) in [5.74, 6) is -0.0261. The van der Waals surface area contributed by atoms with Crippen LogP contribution in [-0.4, -0.2) is 11.2 Å². The van der Waals surface area contributed by atoms with Gasteiger partial charge in [0.05, 0.1) is 17.7 Å². The molecule has 0 aromatic heterocycles. The van der Waals surface area contributed by atoms with Crippen molar-refractivity contribution in [2.75, 3.05) is 0 Å². The molecule has 1 aromatic rings. The average Bonchev–Trinajstić information content (AvgIpc) is 2.89. The SMILES string of the molecule is Cl.N[C@H](c1ccc(Cl)cc1C(F)(F)F)[C@@H](O)C1CCCC1. The first-order valence-electron chi connectivity index (χ1n) is 6.61. The Labute approximate surface area is 132 Å². The minimum atomic E-state index is -4.53. The molecule has 1 fully saturated rings. The maximum atomic E-state index is 13.0. The summed E-state index contributed by atoms with van der Waals surface area (Å²) < 4.78 is 39.1. The van der Waals surface area contributed by atoms with E-state index in [4.69, 9.17) is 17.3 Å². The molecule has 7 heteroatoms. The zero-order chi connectivity index (χ0) is 14.9. The molecular weight excluding hydrogens is 326 g/mol. The van der Waals surface area contributed by atoms with Gasteiger partial charge in [0.2, 0.25) is 0 Å². The molecular formula is C14H18Cl2F3NO. The van der Waals surface area contributed by atoms with E-state index in [-0.39, 0.29) is 28.9 Å². The standard InChI is InChI=1S/C14H17ClF3NO.ClH/c15-9-5-6-10(11(7-9)14(16,17)18)12(19)13(20)8-3-1-2-4-8;/h5-8,12-13,20H,1-4,19H2;1H/t12-,13+;/m1./s1. The minimum Gasteiger partial charge on any atom is -0.391 e. The summed E-state index contributed by atoms with van der Waals surface area (Å²) in [6, 6.07) is 2.44. The van der Waals surface area contributed by atoms with Crippen LogP contribution < -0.4 is 5.73 Å². The summed E-state index contributed by atoms with van der Waals surface area (Å²) in [6.45, 7) is 0. The van der Waals surface area contributed by atoms with Crippen molar-refractivity contribution in [1.82, 2.24) is 0 Å². The molecule has 2 atom stereocenters. The number of nitrogens with two attached hydrogens (primary N) is 1. The number of hydrogen-bond donors (Lipinski definition) is 2. The van der Waals surface area contributed by atoms with Crippen molar-refractivity contribution in [1.29, 1.82) is 0 Å². The van der Waals surface area contributed by atoms with E-state index < -0.39 is 23.9 Å². The van der Waals surface area contributed by atoms with Gasteiger partial charge < -0.3 is 10.8 Å². The lowest BCUT2D eigenvalue weighted by atomic mass is 9.88. The molecule has 0 heterocycles. The first kappa shape index (κ1) is 18.6. The molecule has 120 valence electrons. The fourth-order valence-electron chi connectivity index (χ4n) is 2.84. The zero-order valence-corrected chi connectivity index (χ0v) is 12.8. The highest BCUT2D eigenvalue weighted by atomic mass is 35.5. The molecule has 1 aliphatic rings. The average molecular weight is 344 g/mol. The van der Waals surface area contributed by atoms with E-state index in [2.05, 4.69) is 0 Å². The molecule has 2 nitrogen and oxygen atoms in total. The third-order valence-corrected chi connectivity index (χ3v) is 4.17. The molecule has 0 unspecified atom stereocenters. The second-order valence-corrected chi connectivity index (χ2v) is 5.73. The van der Waals surface area contributed by atoms with Gasteiger partial charge in [-0.3, -0.25) is 0 Å². The van der Waals surface area contributed by atoms with Gasteiger partial charge in [0.15, 0.2) is 0 Å². The molecule has 1 saturated carbocycles. The smallest absolute Gasteiger partial charge is 0.391 e. The van der Waals surface area contributed by atoms with Crippen molar-refractivity contribution >= 4 is 24.0 Å². The summed E-state index contributed by atoms with van der Waals surface area (Å²) in [4.78, 5) is 0. The highest BCUT2D eigenvalue weighted by Crippen LogP contribution is 2.39. The van der Waals surface area contributed by atoms with Crippen LogP contribution in [-0.2, 0) is 6.18 Å². The van der Waals surface area contributed by atoms with Crippen LogP contribution in [0.5, 0.6) is 0 Å². The molecule has 21 heavy (non-hydrogen) atoms. The van der Waals surface area contributed by atoms with Crippen LogP contribution in [0.25, 0.3) is 0 Å². The normalized spacial score (nSPS) is 19.1. The summed E-state index contributed by atoms with van der Waals surface area (Å²) in [7, 11) is 0. The quantitative estimate of drug-likeness (QED) is 0.857. The first-order valence-corrected chi connectivity index (χ1v) is 6.99. The van der Waals surface area contributed by atoms with E-state index in [9.17, 15) is 18.3 Å². The number of alkyl halides is 3. The molecule has 0 aliphatic heterocycles. The summed E-state index contributed by atoms with van der Waals surface area (Å²) in [5.41, 5.74) is 4.91. The van der Waals surface area contributed by atoms with E-state index in [0.717, 1.165) is 31.7 Å². The molecule has 0 spiro atoms. The van der Waals surface area contributed by atoms with Gasteiger partial charge in [-0.15, -0.1) is 12.4 Å². The Morgan fingerprint density at radius 1 is 1.24 bits per heavy atom. The van der Waals surface area contributed by atoms with Crippen molar-refractivity contribution in [3.8, 4) is 0 Å². The lowest BCUT2D eigenvalue weighted by Crippen LogP contribution is -2.33. The van der Waals surface area contributed by atoms with Gasteiger partial charge in [0, 0.05) is 5.02 Å². The van der Waals surface area contributed by atoms with Crippen LogP contribution in [0.1, 0.15) is 42.9 Å². The molecule has 0 radical (unpaired) electrons. The van der Waals surface area contributed by atoms with Crippen molar-refractivity contribution in [3.05, 3.63) is 34.3 Å². The summed E-state index contributed by atoms with van der Waals surface area (Å²) in [5, 5.41) is 10.2. The van der Waals surface area contributed by atoms with Crippen LogP contribution >= 0.6 is 24.0 Å². The maximum Gasteiger partial charge on any atom is 0.416 e. The number of rotatable bonds is 3. The van der Waals surface area contributed by atoms with Crippen molar-refractivity contribution in [2.45, 2.75) is 44.0 Å². The summed E-state index contributed by atoms with van der Waals surface area (Å²) in [6.07, 6.45) is -1.90. The number of benzene rings is 1. The Kier molecular flexibility index (Phi) is 6.35. The fraction of sp³-hybridized carbons (Fsp3) is 0.571. The number of hydrogen-bond acceptors (Lipinski definition) is 2. The number of aliphatic hydroxyl groups excluding tert-OH is 1. The van der Waals surface area contributed by atoms with E-state index in [1.165, 1.54) is 12.1 Å². The van der Waals surface area contributed by atoms with Crippen molar-refractivity contribution in [3.63, 3.8) is 0 Å². The molecule has 0 amide bonds. The summed E-state index contributed by atoms with van der Waals surface area (Å²) >= 11 is 5.63. The second kappa shape index (κ2) is 7.18. The molecule has 0 bridgehead atoms. The van der Waals surface area contributed by atoms with Crippen molar-refractivity contribution < 1.29 is 18.3 Å². The maximum absolute atomic E-state index is 13.0. The topological polar surface area (TPSA) is 46.2 Å². The van der Waals surface area contributed by atoms with E-state index in [1.807, 2.05) is 0 Å². The van der Waals surface area contributed by atoms with Gasteiger partial charge in [-0.1, -0.05) is 30.5 Å². The molecule has 2 rings (SSSR count). The molecule has 1 aromatic carbocycles. The lowest BCUT2D eigenvalue weighted by Gasteiger charge is -2.27. The van der Waals surface area contributed by atoms with Crippen LogP contribution in [0.3, 0.4) is 0 Å². The Morgan fingerprint density at radius 2 is 1.81 bits per heavy atom. The second-order valence-electron chi connectivity index (χ2n) is 5.29. The monoisotopic (exact) mass is 343 g/mol. The molecule has 1 aliphatic carbocycles. The lowest BCUT2D eigenvalue weighted by molar-refractivity contribution is -0.138. The third kappa shape index (κ3) is 4.25. The Bertz CT molecular complexity index is 476. The van der Waals surface area contributed by atoms with Crippen LogP contribution in [0.4, 0.5) is 13.2 Å². The van der Waals surface area contributed by atoms with Gasteiger partial charge in [-0.25, -0.2) is 0 Å². The largest absolute Gasteiger partial charge is 0.416 e. The highest BCUT2D eigenvalue weighted by Gasteiger charge is 2.38. The Morgan fingerprint density at radius 3 is 2.33 bits per heavy atom. The third-order valence-electron chi connectivity index (χ3n) is 3.93. The van der Waals surface area contributed by atoms with Crippen molar-refractivity contribution in [2.24, 2.45) is 11.7 Å². The minimum absolute atomic E-state index is 0. The number of aliphatic hydroxyl groups is 1. The van der Waals surface area contributed by atoms with Gasteiger partial charge in [0.1, 0.15) is 0 Å². The van der Waals surface area contributed by atoms with E-state index in [1.54, 1.807) is 0 Å². The highest BCUT2D eigenvalue weighted by molar-refractivity contribution is 6.30. The fourth-order valence-corrected chi connectivity index (χ4v) is 3.01. The Hall–Kier alpha value is -0.490. The first-order chi connectivity index (χ1) is 9.30. The van der Waals surface area contributed by atoms with Gasteiger partial charge in [-0.2, -0.15) is 13.2 Å².